The van der Waals surface area contributed by atoms with Crippen LogP contribution in [-0.4, -0.2) is 9.13 Å². The lowest BCUT2D eigenvalue weighted by Gasteiger charge is -2.22. The third kappa shape index (κ3) is 6.69. The third-order valence-electron chi connectivity index (χ3n) is 12.4. The van der Waals surface area contributed by atoms with Crippen molar-refractivity contribution < 1.29 is 26.3 Å². The molecule has 318 valence electrons. The highest BCUT2D eigenvalue weighted by molar-refractivity contribution is 6.13. The van der Waals surface area contributed by atoms with Gasteiger partial charge in [0.1, 0.15) is 0 Å². The number of hydrogen-bond donors (Lipinski definition) is 0. The summed E-state index contributed by atoms with van der Waals surface area (Å²) in [6.07, 6.45) is -10.2. The summed E-state index contributed by atoms with van der Waals surface area (Å²) in [5.74, 6) is 0. The molecule has 9 heteroatoms. The molecule has 0 fully saturated rings. The Hall–Kier alpha value is -8.35. The van der Waals surface area contributed by atoms with Crippen LogP contribution in [0.1, 0.15) is 16.7 Å². The van der Waals surface area contributed by atoms with E-state index in [4.69, 9.17) is 0 Å². The van der Waals surface area contributed by atoms with E-state index in [9.17, 15) is 31.6 Å². The van der Waals surface area contributed by atoms with Crippen molar-refractivity contribution in [1.29, 1.82) is 5.26 Å². The van der Waals surface area contributed by atoms with E-state index in [1.807, 2.05) is 138 Å². The molecule has 9 aromatic carbocycles. The van der Waals surface area contributed by atoms with E-state index in [1.54, 1.807) is 24.3 Å². The summed E-state index contributed by atoms with van der Waals surface area (Å²) in [4.78, 5) is 0. The smallest absolute Gasteiger partial charge is 0.309 e. The Morgan fingerprint density at radius 1 is 0.348 bits per heavy atom. The second-order valence-corrected chi connectivity index (χ2v) is 16.2. The van der Waals surface area contributed by atoms with Crippen LogP contribution >= 0.6 is 0 Å². The van der Waals surface area contributed by atoms with Gasteiger partial charge in [-0.3, -0.25) is 0 Å². The van der Waals surface area contributed by atoms with Crippen LogP contribution in [0.25, 0.3) is 99.5 Å². The van der Waals surface area contributed by atoms with Crippen molar-refractivity contribution in [3.8, 4) is 62.0 Å². The van der Waals surface area contributed by atoms with E-state index in [-0.39, 0.29) is 11.1 Å². The number of halogens is 6. The molecule has 0 saturated heterocycles. The van der Waals surface area contributed by atoms with Gasteiger partial charge in [0.05, 0.1) is 56.2 Å². The quantitative estimate of drug-likeness (QED) is 0.153. The summed E-state index contributed by atoms with van der Waals surface area (Å²) in [6.45, 7) is 0. The topological polar surface area (TPSA) is 33.6 Å². The van der Waals surface area contributed by atoms with Gasteiger partial charge in [0, 0.05) is 38.2 Å². The molecule has 0 bridgehead atoms. The maximum Gasteiger partial charge on any atom is 0.417 e. The van der Waals surface area contributed by atoms with Crippen LogP contribution < -0.4 is 0 Å². The first-order valence-electron chi connectivity index (χ1n) is 21.1. The van der Waals surface area contributed by atoms with Crippen molar-refractivity contribution in [2.24, 2.45) is 0 Å². The zero-order valence-corrected chi connectivity index (χ0v) is 34.7. The minimum atomic E-state index is -5.12. The Balaban J connectivity index is 1.26. The Labute approximate surface area is 374 Å². The molecule has 66 heavy (non-hydrogen) atoms. The molecule has 0 saturated carbocycles. The molecule has 3 nitrogen and oxygen atoms in total. The predicted molar refractivity (Wildman–Crippen MR) is 252 cm³/mol. The van der Waals surface area contributed by atoms with E-state index in [2.05, 4.69) is 22.8 Å². The fourth-order valence-electron chi connectivity index (χ4n) is 9.54. The van der Waals surface area contributed by atoms with Gasteiger partial charge in [-0.25, -0.2) is 0 Å². The first kappa shape index (κ1) is 40.4. The summed E-state index contributed by atoms with van der Waals surface area (Å²) < 4.78 is 93.5. The number of alkyl halides is 6. The lowest BCUT2D eigenvalue weighted by Crippen LogP contribution is -2.14. The second-order valence-electron chi connectivity index (χ2n) is 16.2. The van der Waals surface area contributed by atoms with Crippen LogP contribution in [0.4, 0.5) is 26.3 Å². The lowest BCUT2D eigenvalue weighted by atomic mass is 9.90. The molecular weight excluding hydrogens is 841 g/mol. The van der Waals surface area contributed by atoms with Gasteiger partial charge in [-0.15, -0.1) is 0 Å². The van der Waals surface area contributed by atoms with Gasteiger partial charge in [0.25, 0.3) is 0 Å². The van der Waals surface area contributed by atoms with Gasteiger partial charge in [-0.2, -0.15) is 31.6 Å². The van der Waals surface area contributed by atoms with Crippen LogP contribution in [0.2, 0.25) is 0 Å². The van der Waals surface area contributed by atoms with Crippen LogP contribution in [0.5, 0.6) is 0 Å². The summed E-state index contributed by atoms with van der Waals surface area (Å²) in [6, 6.07) is 61.6. The minimum absolute atomic E-state index is 0.249. The fourth-order valence-corrected chi connectivity index (χ4v) is 9.54. The van der Waals surface area contributed by atoms with E-state index in [1.165, 1.54) is 12.1 Å². The molecule has 0 aliphatic rings. The zero-order valence-electron chi connectivity index (χ0n) is 34.7. The monoisotopic (exact) mass is 873 g/mol. The molecule has 0 spiro atoms. The fraction of sp³-hybridized carbons (Fsp3) is 0.0351. The molecule has 0 aliphatic carbocycles. The molecule has 0 atom stereocenters. The zero-order chi connectivity index (χ0) is 45.3. The average molecular weight is 874 g/mol. The SMILES string of the molecule is N#Cc1ccc(-n2c3ccccc3c3cc(-c4ccccc4)ccc32)c(-c2cc(-c3c(C(F)(F)F)cccc3C(F)(F)F)ccc2-n2c3ccccc3c3cc(-c4ccccc4)ccc32)c1. The van der Waals surface area contributed by atoms with Crippen molar-refractivity contribution in [1.82, 2.24) is 9.13 Å². The van der Waals surface area contributed by atoms with Crippen molar-refractivity contribution >= 4 is 43.6 Å². The van der Waals surface area contributed by atoms with Gasteiger partial charge < -0.3 is 9.13 Å². The lowest BCUT2D eigenvalue weighted by molar-refractivity contribution is -0.142. The van der Waals surface area contributed by atoms with E-state index >= 15 is 0 Å². The van der Waals surface area contributed by atoms with Crippen LogP contribution in [0, 0.1) is 11.3 Å². The first-order valence-corrected chi connectivity index (χ1v) is 21.1. The van der Waals surface area contributed by atoms with Crippen LogP contribution in [0.15, 0.2) is 200 Å². The molecule has 11 rings (SSSR count). The maximum atomic E-state index is 14.9. The molecule has 0 unspecified atom stereocenters. The maximum absolute atomic E-state index is 14.9. The molecular formula is C57H33F6N3. The molecule has 0 amide bonds. The number of hydrogen-bond acceptors (Lipinski definition) is 1. The van der Waals surface area contributed by atoms with Gasteiger partial charge in [0.15, 0.2) is 0 Å². The van der Waals surface area contributed by atoms with Gasteiger partial charge in [-0.05, 0) is 107 Å². The van der Waals surface area contributed by atoms with Gasteiger partial charge in [-0.1, -0.05) is 121 Å². The third-order valence-corrected chi connectivity index (χ3v) is 12.4. The predicted octanol–water partition coefficient (Wildman–Crippen LogP) is 16.5. The number of benzene rings is 9. The molecule has 2 aromatic heterocycles. The van der Waals surface area contributed by atoms with E-state index < -0.39 is 29.0 Å². The van der Waals surface area contributed by atoms with Crippen molar-refractivity contribution in [3.63, 3.8) is 0 Å². The highest BCUT2D eigenvalue weighted by atomic mass is 19.4. The number of rotatable bonds is 6. The molecule has 2 heterocycles. The number of fused-ring (bicyclic) bond motifs is 6. The highest BCUT2D eigenvalue weighted by Gasteiger charge is 2.41. The Morgan fingerprint density at radius 2 is 0.773 bits per heavy atom. The van der Waals surface area contributed by atoms with E-state index in [0.717, 1.165) is 71.9 Å². The Kier molecular flexibility index (Phi) is 9.45. The van der Waals surface area contributed by atoms with Crippen molar-refractivity contribution in [3.05, 3.63) is 217 Å². The Bertz CT molecular complexity index is 3710. The number of nitriles is 1. The standard InChI is InChI=1S/C57H33F6N3/c58-56(59,60)47-18-11-19-48(57(61,62)63)55(47)40-25-29-54(66-50-21-10-8-17-42(50)45-32-39(24-28-53(45)66)37-14-5-2-6-15-37)46(33-40)43-30-35(34-64)22-26-51(43)65-49-20-9-7-16-41(49)44-31-38(23-27-52(44)65)36-12-3-1-4-13-36/h1-33H. The minimum Gasteiger partial charge on any atom is -0.309 e. The summed E-state index contributed by atoms with van der Waals surface area (Å²) in [7, 11) is 0. The number of nitrogens with zero attached hydrogens (tertiary/aromatic N) is 3. The molecule has 11 aromatic rings. The van der Waals surface area contributed by atoms with Crippen LogP contribution in [-0.2, 0) is 12.4 Å². The van der Waals surface area contributed by atoms with Gasteiger partial charge in [0.2, 0.25) is 0 Å². The highest BCUT2D eigenvalue weighted by Crippen LogP contribution is 2.48. The van der Waals surface area contributed by atoms with Crippen molar-refractivity contribution in [2.75, 3.05) is 0 Å². The molecule has 0 aliphatic heterocycles. The summed E-state index contributed by atoms with van der Waals surface area (Å²) in [5, 5.41) is 14.1. The summed E-state index contributed by atoms with van der Waals surface area (Å²) >= 11 is 0. The Morgan fingerprint density at radius 3 is 1.26 bits per heavy atom. The largest absolute Gasteiger partial charge is 0.417 e. The normalized spacial score (nSPS) is 12.1. The second kappa shape index (κ2) is 15.4. The van der Waals surface area contributed by atoms with E-state index in [0.29, 0.717) is 34.6 Å². The van der Waals surface area contributed by atoms with Gasteiger partial charge >= 0.3 is 12.4 Å². The average Bonchev–Trinajstić information content (AvgIpc) is 3.85. The number of para-hydroxylation sites is 2. The van der Waals surface area contributed by atoms with Crippen LogP contribution in [0.3, 0.4) is 0 Å². The molecule has 0 radical (unpaired) electrons. The molecule has 0 N–H and O–H groups in total. The first-order chi connectivity index (χ1) is 32.0. The summed E-state index contributed by atoms with van der Waals surface area (Å²) in [5.41, 5.74) is 5.08. The van der Waals surface area contributed by atoms with Crippen molar-refractivity contribution in [2.45, 2.75) is 12.4 Å². The number of aromatic nitrogens is 2.